The van der Waals surface area contributed by atoms with Crippen LogP contribution in [0, 0.1) is 5.92 Å². The number of rotatable bonds is 7. The number of hydrogen-bond acceptors (Lipinski definition) is 5. The predicted molar refractivity (Wildman–Crippen MR) is 123 cm³/mol. The fourth-order valence-electron chi connectivity index (χ4n) is 3.63. The molecule has 0 saturated carbocycles. The zero-order valence-electron chi connectivity index (χ0n) is 17.5. The Balaban J connectivity index is 1.57. The quantitative estimate of drug-likeness (QED) is 0.446. The van der Waals surface area contributed by atoms with Gasteiger partial charge in [0.25, 0.3) is 0 Å². The molecule has 2 heterocycles. The Bertz CT molecular complexity index is 919. The van der Waals surface area contributed by atoms with Crippen LogP contribution in [0.25, 0.3) is 0 Å². The van der Waals surface area contributed by atoms with Crippen LogP contribution in [-0.2, 0) is 16.6 Å². The summed E-state index contributed by atoms with van der Waals surface area (Å²) in [4.78, 5) is 8.38. The number of nitrogens with zero attached hydrogens (tertiary/aromatic N) is 2. The van der Waals surface area contributed by atoms with Gasteiger partial charge in [-0.25, -0.2) is 13.6 Å². The van der Waals surface area contributed by atoms with Crippen molar-refractivity contribution in [1.82, 2.24) is 15.5 Å². The van der Waals surface area contributed by atoms with Gasteiger partial charge in [0.2, 0.25) is 10.0 Å². The summed E-state index contributed by atoms with van der Waals surface area (Å²) in [7, 11) is -1.92. The second-order valence-corrected chi connectivity index (χ2v) is 10.3. The maximum absolute atomic E-state index is 11.4. The average Bonchev–Trinajstić information content (AvgIpc) is 3.26. The summed E-state index contributed by atoms with van der Waals surface area (Å²) >= 11 is 1.80. The monoisotopic (exact) mass is 449 g/mol. The van der Waals surface area contributed by atoms with Gasteiger partial charge < -0.3 is 10.6 Å². The highest BCUT2D eigenvalue weighted by Gasteiger charge is 2.25. The van der Waals surface area contributed by atoms with E-state index in [2.05, 4.69) is 45.0 Å². The standard InChI is InChI=1S/C21H31N5O2S2/c1-16-9-11-26(12-10-16)19(20-4-3-13-29-20)15-25-21(23-2)24-14-17-5-7-18(8-6-17)30(22,27)28/h3-8,13,16,19H,9-12,14-15H2,1-2H3,(H2,22,27,28)(H2,23,24,25). The highest BCUT2D eigenvalue weighted by Crippen LogP contribution is 2.29. The average molecular weight is 450 g/mol. The predicted octanol–water partition coefficient (Wildman–Crippen LogP) is 2.53. The smallest absolute Gasteiger partial charge is 0.238 e. The second-order valence-electron chi connectivity index (χ2n) is 7.75. The van der Waals surface area contributed by atoms with Crippen LogP contribution in [0.1, 0.15) is 36.2 Å². The molecule has 9 heteroatoms. The van der Waals surface area contributed by atoms with E-state index in [0.717, 1.165) is 37.1 Å². The molecule has 2 aromatic rings. The number of primary sulfonamides is 1. The van der Waals surface area contributed by atoms with Gasteiger partial charge in [0, 0.05) is 25.0 Å². The van der Waals surface area contributed by atoms with Gasteiger partial charge in [0.05, 0.1) is 10.9 Å². The molecule has 3 rings (SSSR count). The second kappa shape index (κ2) is 10.4. The Hall–Kier alpha value is -1.94. The Kier molecular flexibility index (Phi) is 7.87. The van der Waals surface area contributed by atoms with E-state index in [1.165, 1.54) is 29.9 Å². The molecule has 7 nitrogen and oxygen atoms in total. The summed E-state index contributed by atoms with van der Waals surface area (Å²) in [6, 6.07) is 11.2. The Morgan fingerprint density at radius 1 is 1.23 bits per heavy atom. The first-order valence-electron chi connectivity index (χ1n) is 10.2. The molecule has 0 spiro atoms. The van der Waals surface area contributed by atoms with Crippen molar-refractivity contribution in [2.75, 3.05) is 26.7 Å². The lowest BCUT2D eigenvalue weighted by Gasteiger charge is -2.36. The molecule has 1 aromatic heterocycles. The van der Waals surface area contributed by atoms with Gasteiger partial charge in [-0.3, -0.25) is 9.89 Å². The molecule has 0 bridgehead atoms. The SMILES string of the molecule is CN=C(NCc1ccc(S(N)(=O)=O)cc1)NCC(c1cccs1)N1CCC(C)CC1. The van der Waals surface area contributed by atoms with Crippen LogP contribution < -0.4 is 15.8 Å². The highest BCUT2D eigenvalue weighted by atomic mass is 32.2. The third kappa shape index (κ3) is 6.28. The van der Waals surface area contributed by atoms with Gasteiger partial charge >= 0.3 is 0 Å². The topological polar surface area (TPSA) is 99.8 Å². The van der Waals surface area contributed by atoms with Crippen LogP contribution in [0.2, 0.25) is 0 Å². The fourth-order valence-corrected chi connectivity index (χ4v) is 5.00. The van der Waals surface area contributed by atoms with Crippen LogP contribution in [0.3, 0.4) is 0 Å². The molecule has 0 amide bonds. The lowest BCUT2D eigenvalue weighted by atomic mass is 9.97. The first-order chi connectivity index (χ1) is 14.4. The zero-order chi connectivity index (χ0) is 21.6. The minimum atomic E-state index is -3.67. The summed E-state index contributed by atoms with van der Waals surface area (Å²) in [5, 5.41) is 14.0. The molecule has 4 N–H and O–H groups in total. The van der Waals surface area contributed by atoms with Crippen molar-refractivity contribution in [2.45, 2.75) is 37.2 Å². The normalized spacial score (nSPS) is 17.6. The van der Waals surface area contributed by atoms with Crippen molar-refractivity contribution in [3.05, 3.63) is 52.2 Å². The van der Waals surface area contributed by atoms with E-state index in [1.54, 1.807) is 30.5 Å². The maximum atomic E-state index is 11.4. The molecule has 1 aliphatic heterocycles. The number of hydrogen-bond donors (Lipinski definition) is 3. The van der Waals surface area contributed by atoms with Crippen molar-refractivity contribution in [2.24, 2.45) is 16.0 Å². The number of piperidine rings is 1. The van der Waals surface area contributed by atoms with Crippen LogP contribution in [0.15, 0.2) is 51.7 Å². The number of benzene rings is 1. The summed E-state index contributed by atoms with van der Waals surface area (Å²) in [5.74, 6) is 1.52. The molecule has 1 aliphatic rings. The van der Waals surface area contributed by atoms with Gasteiger partial charge in [-0.05, 0) is 61.0 Å². The third-order valence-corrected chi connectivity index (χ3v) is 7.43. The zero-order valence-corrected chi connectivity index (χ0v) is 19.2. The summed E-state index contributed by atoms with van der Waals surface area (Å²) < 4.78 is 22.8. The first kappa shape index (κ1) is 22.7. The van der Waals surface area contributed by atoms with E-state index in [9.17, 15) is 8.42 Å². The van der Waals surface area contributed by atoms with Gasteiger partial charge in [-0.1, -0.05) is 25.1 Å². The largest absolute Gasteiger partial charge is 0.354 e. The number of nitrogens with one attached hydrogen (secondary N) is 2. The summed E-state index contributed by atoms with van der Waals surface area (Å²) in [6.07, 6.45) is 2.48. The molecule has 0 radical (unpaired) electrons. The fraction of sp³-hybridized carbons (Fsp3) is 0.476. The molecule has 164 valence electrons. The minimum Gasteiger partial charge on any atom is -0.354 e. The molecule has 0 aliphatic carbocycles. The molecule has 1 unspecified atom stereocenters. The molecular weight excluding hydrogens is 418 g/mol. The van der Waals surface area contributed by atoms with Crippen LogP contribution in [0.4, 0.5) is 0 Å². The van der Waals surface area contributed by atoms with Crippen LogP contribution in [-0.4, -0.2) is 46.0 Å². The number of guanidine groups is 1. The molecule has 1 aromatic carbocycles. The number of sulfonamides is 1. The van der Waals surface area contributed by atoms with Gasteiger partial charge in [0.15, 0.2) is 5.96 Å². The van der Waals surface area contributed by atoms with Gasteiger partial charge in [-0.15, -0.1) is 11.3 Å². The lowest BCUT2D eigenvalue weighted by Crippen LogP contribution is -2.44. The Morgan fingerprint density at radius 3 is 2.50 bits per heavy atom. The van der Waals surface area contributed by atoms with Crippen molar-refractivity contribution < 1.29 is 8.42 Å². The van der Waals surface area contributed by atoms with Crippen molar-refractivity contribution in [3.63, 3.8) is 0 Å². The third-order valence-electron chi connectivity index (χ3n) is 5.53. The number of likely N-dealkylation sites (tertiary alicyclic amines) is 1. The molecule has 30 heavy (non-hydrogen) atoms. The molecule has 1 saturated heterocycles. The summed E-state index contributed by atoms with van der Waals surface area (Å²) in [6.45, 7) is 5.88. The van der Waals surface area contributed by atoms with Crippen molar-refractivity contribution in [3.8, 4) is 0 Å². The molecule has 1 atom stereocenters. The van der Waals surface area contributed by atoms with E-state index in [4.69, 9.17) is 5.14 Å². The molecule has 1 fully saturated rings. The summed E-state index contributed by atoms with van der Waals surface area (Å²) in [5.41, 5.74) is 0.949. The first-order valence-corrected chi connectivity index (χ1v) is 12.6. The van der Waals surface area contributed by atoms with E-state index in [0.29, 0.717) is 12.6 Å². The van der Waals surface area contributed by atoms with Crippen molar-refractivity contribution >= 4 is 27.3 Å². The van der Waals surface area contributed by atoms with Gasteiger partial charge in [0.1, 0.15) is 0 Å². The number of nitrogens with two attached hydrogens (primary N) is 1. The van der Waals surface area contributed by atoms with E-state index in [1.807, 2.05) is 0 Å². The van der Waals surface area contributed by atoms with E-state index >= 15 is 0 Å². The van der Waals surface area contributed by atoms with Crippen LogP contribution >= 0.6 is 11.3 Å². The molecular formula is C21H31N5O2S2. The Morgan fingerprint density at radius 2 is 1.93 bits per heavy atom. The minimum absolute atomic E-state index is 0.114. The maximum Gasteiger partial charge on any atom is 0.238 e. The number of thiophene rings is 1. The van der Waals surface area contributed by atoms with Crippen LogP contribution in [0.5, 0.6) is 0 Å². The van der Waals surface area contributed by atoms with E-state index in [-0.39, 0.29) is 4.90 Å². The Labute approximate surface area is 183 Å². The van der Waals surface area contributed by atoms with Crippen molar-refractivity contribution in [1.29, 1.82) is 0 Å². The highest BCUT2D eigenvalue weighted by molar-refractivity contribution is 7.89. The van der Waals surface area contributed by atoms with E-state index < -0.39 is 10.0 Å². The lowest BCUT2D eigenvalue weighted by molar-refractivity contribution is 0.140. The number of aliphatic imine (C=N–C) groups is 1. The van der Waals surface area contributed by atoms with Gasteiger partial charge in [-0.2, -0.15) is 0 Å².